The lowest BCUT2D eigenvalue weighted by molar-refractivity contribution is 0.0698. The monoisotopic (exact) mass is 500 g/mol. The van der Waals surface area contributed by atoms with Gasteiger partial charge in [-0.25, -0.2) is 13.2 Å². The van der Waals surface area contributed by atoms with E-state index in [-0.39, 0.29) is 34.8 Å². The normalized spacial score (nSPS) is 14.5. The van der Waals surface area contributed by atoms with E-state index in [1.165, 1.54) is 40.7 Å². The zero-order chi connectivity index (χ0) is 24.3. The van der Waals surface area contributed by atoms with Crippen LogP contribution in [-0.4, -0.2) is 56.0 Å². The van der Waals surface area contributed by atoms with Gasteiger partial charge in [0.1, 0.15) is 0 Å². The van der Waals surface area contributed by atoms with E-state index in [0.29, 0.717) is 23.8 Å². The molecule has 1 fully saturated rings. The third-order valence-electron chi connectivity index (χ3n) is 5.38. The molecule has 1 aliphatic heterocycles. The van der Waals surface area contributed by atoms with Gasteiger partial charge in [-0.3, -0.25) is 4.79 Å². The highest BCUT2D eigenvalue weighted by molar-refractivity contribution is 7.89. The van der Waals surface area contributed by atoms with Crippen LogP contribution in [0.5, 0.6) is 0 Å². The number of benzene rings is 3. The molecule has 0 bridgehead atoms. The maximum Gasteiger partial charge on any atom is 0.337 e. The van der Waals surface area contributed by atoms with E-state index in [9.17, 15) is 23.1 Å². The molecule has 1 aliphatic rings. The molecule has 1 amide bonds. The van der Waals surface area contributed by atoms with Gasteiger partial charge >= 0.3 is 5.97 Å². The molecular formula is C24H21ClN2O6S. The first-order valence-electron chi connectivity index (χ1n) is 10.4. The van der Waals surface area contributed by atoms with Crippen molar-refractivity contribution in [1.29, 1.82) is 0 Å². The Bertz CT molecular complexity index is 1340. The summed E-state index contributed by atoms with van der Waals surface area (Å²) in [5, 5.41) is 12.8. The number of carbonyl (C=O) groups excluding carboxylic acids is 1. The Balaban J connectivity index is 1.59. The topological polar surface area (TPSA) is 113 Å². The van der Waals surface area contributed by atoms with Crippen molar-refractivity contribution in [3.63, 3.8) is 0 Å². The van der Waals surface area contributed by atoms with Gasteiger partial charge in [0.15, 0.2) is 0 Å². The molecule has 3 aromatic carbocycles. The van der Waals surface area contributed by atoms with Gasteiger partial charge in [0.2, 0.25) is 10.0 Å². The second kappa shape index (κ2) is 9.94. The van der Waals surface area contributed by atoms with Crippen molar-refractivity contribution in [3.8, 4) is 11.1 Å². The van der Waals surface area contributed by atoms with Crippen LogP contribution in [0.1, 0.15) is 20.7 Å². The number of morpholine rings is 1. The summed E-state index contributed by atoms with van der Waals surface area (Å²) in [4.78, 5) is 24.7. The summed E-state index contributed by atoms with van der Waals surface area (Å²) in [6, 6.07) is 17.2. The molecule has 2 N–H and O–H groups in total. The van der Waals surface area contributed by atoms with Crippen LogP contribution in [0.4, 0.5) is 5.69 Å². The van der Waals surface area contributed by atoms with Crippen LogP contribution >= 0.6 is 11.6 Å². The third kappa shape index (κ3) is 5.13. The number of nitrogens with zero attached hydrogens (tertiary/aromatic N) is 1. The lowest BCUT2D eigenvalue weighted by atomic mass is 10.0. The molecule has 0 atom stereocenters. The number of amides is 1. The average Bonchev–Trinajstić information content (AvgIpc) is 2.85. The molecule has 1 saturated heterocycles. The van der Waals surface area contributed by atoms with E-state index in [4.69, 9.17) is 16.3 Å². The summed E-state index contributed by atoms with van der Waals surface area (Å²) < 4.78 is 32.3. The minimum atomic E-state index is -3.78. The molecule has 1 heterocycles. The van der Waals surface area contributed by atoms with Crippen molar-refractivity contribution in [2.45, 2.75) is 4.90 Å². The summed E-state index contributed by atoms with van der Waals surface area (Å²) in [5.41, 5.74) is 1.50. The largest absolute Gasteiger partial charge is 0.478 e. The Morgan fingerprint density at radius 3 is 2.29 bits per heavy atom. The number of hydrogen-bond acceptors (Lipinski definition) is 5. The zero-order valence-corrected chi connectivity index (χ0v) is 19.5. The quantitative estimate of drug-likeness (QED) is 0.529. The zero-order valence-electron chi connectivity index (χ0n) is 17.9. The van der Waals surface area contributed by atoms with Crippen LogP contribution in [0.15, 0.2) is 71.6 Å². The van der Waals surface area contributed by atoms with Gasteiger partial charge in [0, 0.05) is 23.7 Å². The van der Waals surface area contributed by atoms with Gasteiger partial charge in [0.05, 0.1) is 29.4 Å². The first-order valence-corrected chi connectivity index (χ1v) is 12.2. The number of ether oxygens (including phenoxy) is 1. The molecule has 4 rings (SSSR count). The molecule has 0 radical (unpaired) electrons. The Morgan fingerprint density at radius 2 is 1.62 bits per heavy atom. The van der Waals surface area contributed by atoms with Crippen molar-refractivity contribution in [3.05, 3.63) is 82.9 Å². The van der Waals surface area contributed by atoms with E-state index in [1.54, 1.807) is 30.3 Å². The van der Waals surface area contributed by atoms with Crippen LogP contribution in [0.3, 0.4) is 0 Å². The van der Waals surface area contributed by atoms with E-state index in [1.807, 2.05) is 0 Å². The third-order valence-corrected chi connectivity index (χ3v) is 7.53. The lowest BCUT2D eigenvalue weighted by Crippen LogP contribution is -2.40. The van der Waals surface area contributed by atoms with Gasteiger partial charge in [-0.05, 0) is 53.6 Å². The van der Waals surface area contributed by atoms with Crippen LogP contribution < -0.4 is 5.32 Å². The Kier molecular flexibility index (Phi) is 6.99. The predicted molar refractivity (Wildman–Crippen MR) is 128 cm³/mol. The van der Waals surface area contributed by atoms with Gasteiger partial charge in [0.25, 0.3) is 5.91 Å². The number of rotatable bonds is 6. The number of hydrogen-bond donors (Lipinski definition) is 2. The van der Waals surface area contributed by atoms with E-state index in [2.05, 4.69) is 5.32 Å². The molecule has 0 unspecified atom stereocenters. The number of anilines is 1. The number of carboxylic acid groups (broad SMARTS) is 1. The van der Waals surface area contributed by atoms with Crippen molar-refractivity contribution < 1.29 is 27.9 Å². The average molecular weight is 501 g/mol. The van der Waals surface area contributed by atoms with Gasteiger partial charge < -0.3 is 15.2 Å². The molecule has 8 nitrogen and oxygen atoms in total. The summed E-state index contributed by atoms with van der Waals surface area (Å²) in [7, 11) is -3.78. The molecule has 0 spiro atoms. The van der Waals surface area contributed by atoms with Crippen molar-refractivity contribution in [2.75, 3.05) is 31.6 Å². The summed E-state index contributed by atoms with van der Waals surface area (Å²) in [6.07, 6.45) is 0. The van der Waals surface area contributed by atoms with Crippen LogP contribution in [0.25, 0.3) is 11.1 Å². The summed E-state index contributed by atoms with van der Waals surface area (Å²) in [5.74, 6) is -1.84. The molecule has 34 heavy (non-hydrogen) atoms. The maximum atomic E-state index is 12.9. The van der Waals surface area contributed by atoms with Crippen molar-refractivity contribution in [1.82, 2.24) is 4.31 Å². The van der Waals surface area contributed by atoms with Crippen LogP contribution in [0.2, 0.25) is 5.02 Å². The second-order valence-electron chi connectivity index (χ2n) is 7.57. The minimum Gasteiger partial charge on any atom is -0.478 e. The first kappa shape index (κ1) is 23.9. The number of nitrogens with one attached hydrogen (secondary N) is 1. The van der Waals surface area contributed by atoms with E-state index < -0.39 is 21.9 Å². The Labute approximate surface area is 201 Å². The number of halogens is 1. The van der Waals surface area contributed by atoms with Crippen LogP contribution in [-0.2, 0) is 14.8 Å². The lowest BCUT2D eigenvalue weighted by Gasteiger charge is -2.26. The Morgan fingerprint density at radius 1 is 0.941 bits per heavy atom. The predicted octanol–water partition coefficient (Wildman–Crippen LogP) is 3.98. The molecule has 0 saturated carbocycles. The summed E-state index contributed by atoms with van der Waals surface area (Å²) in [6.45, 7) is 1.09. The molecule has 0 aliphatic carbocycles. The molecule has 3 aromatic rings. The highest BCUT2D eigenvalue weighted by atomic mass is 35.5. The molecular weight excluding hydrogens is 480 g/mol. The SMILES string of the molecule is O=C(Nc1ccc(-c2ccc(Cl)cc2)cc1C(=O)O)c1cccc(S(=O)(=O)N2CCOCC2)c1. The number of carboxylic acids is 1. The number of carbonyl (C=O) groups is 2. The minimum absolute atomic E-state index is 0.0152. The number of aromatic carboxylic acids is 1. The van der Waals surface area contributed by atoms with Crippen LogP contribution in [0, 0.1) is 0 Å². The first-order chi connectivity index (χ1) is 16.3. The van der Waals surface area contributed by atoms with Crippen molar-refractivity contribution in [2.24, 2.45) is 0 Å². The maximum absolute atomic E-state index is 12.9. The second-order valence-corrected chi connectivity index (χ2v) is 9.95. The van der Waals surface area contributed by atoms with Gasteiger partial charge in [-0.15, -0.1) is 0 Å². The van der Waals surface area contributed by atoms with E-state index >= 15 is 0 Å². The highest BCUT2D eigenvalue weighted by Crippen LogP contribution is 2.27. The molecule has 10 heteroatoms. The highest BCUT2D eigenvalue weighted by Gasteiger charge is 2.27. The van der Waals surface area contributed by atoms with E-state index in [0.717, 1.165) is 5.56 Å². The van der Waals surface area contributed by atoms with Gasteiger partial charge in [-0.1, -0.05) is 35.9 Å². The standard InChI is InChI=1S/C24H21ClN2O6S/c25-19-7-4-16(5-8-19)17-6-9-22(21(15-17)24(29)30)26-23(28)18-2-1-3-20(14-18)34(31,32)27-10-12-33-13-11-27/h1-9,14-15H,10-13H2,(H,26,28)(H,29,30). The Hall–Kier alpha value is -3.24. The fourth-order valence-electron chi connectivity index (χ4n) is 3.58. The molecule has 176 valence electrons. The molecule has 0 aromatic heterocycles. The summed E-state index contributed by atoms with van der Waals surface area (Å²) >= 11 is 5.92. The number of sulfonamides is 1. The fourth-order valence-corrected chi connectivity index (χ4v) is 5.16. The van der Waals surface area contributed by atoms with Gasteiger partial charge in [-0.2, -0.15) is 4.31 Å². The fraction of sp³-hybridized carbons (Fsp3) is 0.167. The smallest absolute Gasteiger partial charge is 0.337 e. The van der Waals surface area contributed by atoms with Crippen molar-refractivity contribution >= 4 is 39.2 Å².